The molecule has 1 amide bonds. The number of hydrogen-bond acceptors (Lipinski definition) is 3. The Labute approximate surface area is 119 Å². The maximum absolute atomic E-state index is 11.9. The molecule has 0 radical (unpaired) electrons. The number of rotatable bonds is 4. The molecule has 1 saturated carbocycles. The molecule has 0 bridgehead atoms. The van der Waals surface area contributed by atoms with Gasteiger partial charge in [-0.3, -0.25) is 4.79 Å². The first-order valence-corrected chi connectivity index (χ1v) is 7.04. The first-order valence-electron chi connectivity index (χ1n) is 6.66. The predicted octanol–water partition coefficient (Wildman–Crippen LogP) is 2.48. The van der Waals surface area contributed by atoms with E-state index in [-0.39, 0.29) is 5.91 Å². The Balaban J connectivity index is 1.83. The van der Waals surface area contributed by atoms with Crippen LogP contribution in [0.4, 0.5) is 5.82 Å². The molecule has 5 heteroatoms. The molecule has 0 spiro atoms. The second kappa shape index (κ2) is 6.24. The number of likely N-dealkylation sites (N-methyl/N-ethyl adjacent to an activating group) is 1. The van der Waals surface area contributed by atoms with E-state index in [0.717, 1.165) is 24.6 Å². The number of nitrogens with zero attached hydrogens (tertiary/aromatic N) is 2. The molecule has 1 heterocycles. The molecule has 4 nitrogen and oxygen atoms in total. The molecule has 0 aromatic carbocycles. The second-order valence-corrected chi connectivity index (χ2v) is 5.81. The average Bonchev–Trinajstić information content (AvgIpc) is 2.75. The molecule has 1 aromatic heterocycles. The molecule has 104 valence electrons. The van der Waals surface area contributed by atoms with E-state index in [1.54, 1.807) is 12.3 Å². The van der Waals surface area contributed by atoms with Gasteiger partial charge in [0.2, 0.25) is 5.91 Å². The van der Waals surface area contributed by atoms with Gasteiger partial charge in [0.05, 0.1) is 11.6 Å². The topological polar surface area (TPSA) is 45.2 Å². The highest BCUT2D eigenvalue weighted by atomic mass is 35.5. The summed E-state index contributed by atoms with van der Waals surface area (Å²) in [4.78, 5) is 18.0. The lowest BCUT2D eigenvalue weighted by atomic mass is 10.1. The summed E-state index contributed by atoms with van der Waals surface area (Å²) in [6, 6.07) is 3.93. The molecule has 2 atom stereocenters. The van der Waals surface area contributed by atoms with Crippen LogP contribution in [0.2, 0.25) is 5.02 Å². The minimum atomic E-state index is 0.0540. The van der Waals surface area contributed by atoms with Crippen molar-refractivity contribution in [2.45, 2.75) is 32.2 Å². The summed E-state index contributed by atoms with van der Waals surface area (Å²) in [6.45, 7) is 2.55. The number of hydrogen-bond donors (Lipinski definition) is 1. The number of carbonyl (C=O) groups excluding carboxylic acids is 1. The Morgan fingerprint density at radius 1 is 1.53 bits per heavy atom. The monoisotopic (exact) mass is 281 g/mol. The van der Waals surface area contributed by atoms with Crippen LogP contribution in [-0.4, -0.2) is 30.5 Å². The first kappa shape index (κ1) is 14.1. The van der Waals surface area contributed by atoms with Gasteiger partial charge in [-0.15, -0.1) is 0 Å². The number of halogens is 1. The summed E-state index contributed by atoms with van der Waals surface area (Å²) in [6.07, 6.45) is 4.98. The van der Waals surface area contributed by atoms with Gasteiger partial charge >= 0.3 is 0 Å². The van der Waals surface area contributed by atoms with Crippen molar-refractivity contribution in [2.75, 3.05) is 18.5 Å². The Kier molecular flexibility index (Phi) is 4.64. The van der Waals surface area contributed by atoms with E-state index >= 15 is 0 Å². The van der Waals surface area contributed by atoms with Gasteiger partial charge < -0.3 is 10.2 Å². The third-order valence-electron chi connectivity index (χ3n) is 3.54. The molecule has 1 N–H and O–H groups in total. The van der Waals surface area contributed by atoms with Gasteiger partial charge in [0, 0.05) is 19.3 Å². The highest BCUT2D eigenvalue weighted by molar-refractivity contribution is 6.30. The van der Waals surface area contributed by atoms with Crippen LogP contribution in [0.3, 0.4) is 0 Å². The van der Waals surface area contributed by atoms with Gasteiger partial charge in [-0.05, 0) is 37.3 Å². The van der Waals surface area contributed by atoms with Crippen LogP contribution in [0.1, 0.15) is 26.2 Å². The Morgan fingerprint density at radius 2 is 2.32 bits per heavy atom. The zero-order valence-corrected chi connectivity index (χ0v) is 12.2. The van der Waals surface area contributed by atoms with Crippen LogP contribution in [-0.2, 0) is 4.79 Å². The lowest BCUT2D eigenvalue weighted by molar-refractivity contribution is -0.120. The Hall–Kier alpha value is -1.29. The molecule has 19 heavy (non-hydrogen) atoms. The Morgan fingerprint density at radius 3 is 2.89 bits per heavy atom. The number of aromatic nitrogens is 1. The lowest BCUT2D eigenvalue weighted by Crippen LogP contribution is -2.40. The van der Waals surface area contributed by atoms with E-state index in [9.17, 15) is 4.79 Å². The van der Waals surface area contributed by atoms with Gasteiger partial charge in [-0.2, -0.15) is 0 Å². The van der Waals surface area contributed by atoms with Crippen LogP contribution in [0.25, 0.3) is 0 Å². The fraction of sp³-hybridized carbons (Fsp3) is 0.571. The maximum Gasteiger partial charge on any atom is 0.239 e. The highest BCUT2D eigenvalue weighted by Gasteiger charge is 2.23. The number of amides is 1. The van der Waals surface area contributed by atoms with Gasteiger partial charge in [0.15, 0.2) is 0 Å². The van der Waals surface area contributed by atoms with Gasteiger partial charge in [-0.1, -0.05) is 18.5 Å². The largest absolute Gasteiger partial charge is 0.352 e. The van der Waals surface area contributed by atoms with Crippen molar-refractivity contribution in [2.24, 2.45) is 5.92 Å². The van der Waals surface area contributed by atoms with Crippen LogP contribution < -0.4 is 10.2 Å². The van der Waals surface area contributed by atoms with Gasteiger partial charge in [-0.25, -0.2) is 4.98 Å². The SMILES string of the molecule is CC1CCC(NC(=O)CN(C)c2ccc(Cl)cn2)C1. The number of anilines is 1. The smallest absolute Gasteiger partial charge is 0.239 e. The summed E-state index contributed by atoms with van der Waals surface area (Å²) >= 11 is 5.79. The molecule has 2 unspecified atom stereocenters. The molecule has 1 fully saturated rings. The molecular formula is C14H20ClN3O. The van der Waals surface area contributed by atoms with E-state index < -0.39 is 0 Å². The molecule has 2 rings (SSSR count). The maximum atomic E-state index is 11.9. The summed E-state index contributed by atoms with van der Waals surface area (Å²) in [5.74, 6) is 1.53. The van der Waals surface area contributed by atoms with Crippen LogP contribution in [0.5, 0.6) is 0 Å². The highest BCUT2D eigenvalue weighted by Crippen LogP contribution is 2.24. The fourth-order valence-electron chi connectivity index (χ4n) is 2.50. The number of pyridine rings is 1. The standard InChI is InChI=1S/C14H20ClN3O/c1-10-3-5-12(7-10)17-14(19)9-18(2)13-6-4-11(15)8-16-13/h4,6,8,10,12H,3,5,7,9H2,1-2H3,(H,17,19). The second-order valence-electron chi connectivity index (χ2n) is 5.37. The van der Waals surface area contributed by atoms with Gasteiger partial charge in [0.1, 0.15) is 5.82 Å². The van der Waals surface area contributed by atoms with E-state index in [2.05, 4.69) is 17.2 Å². The van der Waals surface area contributed by atoms with Crippen molar-refractivity contribution >= 4 is 23.3 Å². The van der Waals surface area contributed by atoms with Crippen molar-refractivity contribution < 1.29 is 4.79 Å². The summed E-state index contributed by atoms with van der Waals surface area (Å²) in [7, 11) is 1.85. The quantitative estimate of drug-likeness (QED) is 0.922. The zero-order chi connectivity index (χ0) is 13.8. The van der Waals surface area contributed by atoms with Crippen molar-refractivity contribution in [1.82, 2.24) is 10.3 Å². The molecule has 1 aromatic rings. The molecule has 1 aliphatic rings. The number of nitrogens with one attached hydrogen (secondary N) is 1. The third kappa shape index (κ3) is 4.10. The normalized spacial score (nSPS) is 22.3. The van der Waals surface area contributed by atoms with E-state index in [1.807, 2.05) is 18.0 Å². The van der Waals surface area contributed by atoms with Crippen molar-refractivity contribution in [1.29, 1.82) is 0 Å². The minimum absolute atomic E-state index is 0.0540. The van der Waals surface area contributed by atoms with Crippen LogP contribution in [0.15, 0.2) is 18.3 Å². The van der Waals surface area contributed by atoms with Crippen LogP contribution >= 0.6 is 11.6 Å². The van der Waals surface area contributed by atoms with Crippen LogP contribution in [0, 0.1) is 5.92 Å². The molecule has 0 aliphatic heterocycles. The molecule has 1 aliphatic carbocycles. The minimum Gasteiger partial charge on any atom is -0.352 e. The predicted molar refractivity (Wildman–Crippen MR) is 77.5 cm³/mol. The lowest BCUT2D eigenvalue weighted by Gasteiger charge is -2.19. The van der Waals surface area contributed by atoms with Crippen molar-refractivity contribution in [3.05, 3.63) is 23.4 Å². The zero-order valence-electron chi connectivity index (χ0n) is 11.4. The molecular weight excluding hydrogens is 262 g/mol. The van der Waals surface area contributed by atoms with E-state index in [0.29, 0.717) is 17.6 Å². The van der Waals surface area contributed by atoms with Crippen molar-refractivity contribution in [3.8, 4) is 0 Å². The third-order valence-corrected chi connectivity index (χ3v) is 3.77. The molecule has 0 saturated heterocycles. The number of carbonyl (C=O) groups is 1. The van der Waals surface area contributed by atoms with E-state index in [1.165, 1.54) is 6.42 Å². The Bertz CT molecular complexity index is 435. The first-order chi connectivity index (χ1) is 9.04. The average molecular weight is 282 g/mol. The summed E-state index contributed by atoms with van der Waals surface area (Å²) < 4.78 is 0. The van der Waals surface area contributed by atoms with Crippen molar-refractivity contribution in [3.63, 3.8) is 0 Å². The van der Waals surface area contributed by atoms with E-state index in [4.69, 9.17) is 11.6 Å². The van der Waals surface area contributed by atoms with Gasteiger partial charge in [0.25, 0.3) is 0 Å². The summed E-state index contributed by atoms with van der Waals surface area (Å²) in [5, 5.41) is 3.69. The fourth-order valence-corrected chi connectivity index (χ4v) is 2.61. The summed E-state index contributed by atoms with van der Waals surface area (Å²) in [5.41, 5.74) is 0.